The molecule has 0 unspecified atom stereocenters. The van der Waals surface area contributed by atoms with E-state index in [1.807, 2.05) is 4.90 Å². The topological polar surface area (TPSA) is 165 Å². The van der Waals surface area contributed by atoms with Crippen molar-refractivity contribution in [3.63, 3.8) is 0 Å². The Hall–Kier alpha value is -1.99. The largest absolute Gasteiger partial charge is 0.481 e. The van der Waals surface area contributed by atoms with Crippen LogP contribution >= 0.6 is 21.6 Å². The van der Waals surface area contributed by atoms with Gasteiger partial charge in [-0.25, -0.2) is 4.79 Å². The van der Waals surface area contributed by atoms with Crippen LogP contribution in [0.15, 0.2) is 0 Å². The smallest absolute Gasteiger partial charge is 0.327 e. The fourth-order valence-electron chi connectivity index (χ4n) is 7.86. The fraction of sp³-hybridized carbons (Fsp3) is 0.808. The lowest BCUT2D eigenvalue weighted by Crippen LogP contribution is -2.59. The summed E-state index contributed by atoms with van der Waals surface area (Å²) in [5, 5.41) is 27.7. The van der Waals surface area contributed by atoms with Crippen molar-refractivity contribution in [1.29, 1.82) is 0 Å². The number of amides is 3. The van der Waals surface area contributed by atoms with Crippen LogP contribution in [0.25, 0.3) is 0 Å². The fourth-order valence-corrected chi connectivity index (χ4v) is 10.2. The average molecular weight is 583 g/mol. The van der Waals surface area contributed by atoms with Gasteiger partial charge in [0.25, 0.3) is 0 Å². The highest BCUT2D eigenvalue weighted by Gasteiger charge is 2.55. The molecule has 2 heterocycles. The maximum atomic E-state index is 13.7. The molecule has 4 saturated carbocycles. The molecule has 5 N–H and O–H groups in total. The van der Waals surface area contributed by atoms with Gasteiger partial charge in [-0.1, -0.05) is 21.6 Å². The Labute approximate surface area is 235 Å². The molecule has 6 fully saturated rings. The van der Waals surface area contributed by atoms with E-state index in [0.717, 1.165) is 19.3 Å². The summed E-state index contributed by atoms with van der Waals surface area (Å²) >= 11 is 0. The van der Waals surface area contributed by atoms with Crippen LogP contribution in [-0.2, 0) is 24.0 Å². The first-order valence-electron chi connectivity index (χ1n) is 14.0. The third-order valence-corrected chi connectivity index (χ3v) is 11.6. The van der Waals surface area contributed by atoms with Gasteiger partial charge in [-0.15, -0.1) is 0 Å². The maximum absolute atomic E-state index is 13.7. The lowest BCUT2D eigenvalue weighted by atomic mass is 9.49. The normalized spacial score (nSPS) is 39.2. The molecule has 6 aliphatic rings. The number of carbonyl (C=O) groups excluding carboxylic acids is 3. The minimum Gasteiger partial charge on any atom is -0.481 e. The molecular weight excluding hydrogens is 544 g/mol. The first-order valence-corrected chi connectivity index (χ1v) is 16.5. The van der Waals surface area contributed by atoms with E-state index >= 15 is 0 Å². The number of nitrogens with zero attached hydrogens (tertiary/aromatic N) is 1. The van der Waals surface area contributed by atoms with E-state index in [0.29, 0.717) is 37.1 Å². The molecule has 216 valence electrons. The third kappa shape index (κ3) is 6.51. The van der Waals surface area contributed by atoms with Crippen molar-refractivity contribution in [1.82, 2.24) is 20.9 Å². The highest BCUT2D eigenvalue weighted by atomic mass is 33.1. The van der Waals surface area contributed by atoms with Gasteiger partial charge in [0, 0.05) is 23.5 Å². The Morgan fingerprint density at radius 2 is 1.59 bits per heavy atom. The summed E-state index contributed by atoms with van der Waals surface area (Å²) in [6.45, 7) is 0.685. The highest BCUT2D eigenvalue weighted by Crippen LogP contribution is 2.60. The number of hydrogen-bond acceptors (Lipinski definition) is 8. The number of hydrogen-bond donors (Lipinski definition) is 5. The van der Waals surface area contributed by atoms with Gasteiger partial charge in [0.1, 0.15) is 12.1 Å². The Bertz CT molecular complexity index is 976. The van der Waals surface area contributed by atoms with Gasteiger partial charge >= 0.3 is 11.9 Å². The summed E-state index contributed by atoms with van der Waals surface area (Å²) in [5.74, 6) is -1.13. The van der Waals surface area contributed by atoms with Crippen molar-refractivity contribution in [2.45, 2.75) is 82.0 Å². The lowest BCUT2D eigenvalue weighted by molar-refractivity contribution is -0.148. The quantitative estimate of drug-likeness (QED) is 0.296. The molecular formula is C26H38N4O7S2. The summed E-state index contributed by atoms with van der Waals surface area (Å²) in [5.41, 5.74) is -0.437. The van der Waals surface area contributed by atoms with Crippen molar-refractivity contribution in [2.75, 3.05) is 24.6 Å². The number of aliphatic carboxylic acids is 2. The first kappa shape index (κ1) is 28.5. The summed E-state index contributed by atoms with van der Waals surface area (Å²) in [6.07, 6.45) is 7.06. The summed E-state index contributed by atoms with van der Waals surface area (Å²) < 4.78 is 0. The second-order valence-electron chi connectivity index (χ2n) is 12.1. The maximum Gasteiger partial charge on any atom is 0.327 e. The summed E-state index contributed by atoms with van der Waals surface area (Å²) in [6, 6.07) is -3.33. The van der Waals surface area contributed by atoms with Crippen LogP contribution in [0, 0.1) is 23.2 Å². The van der Waals surface area contributed by atoms with Crippen LogP contribution in [0.4, 0.5) is 0 Å². The van der Waals surface area contributed by atoms with Crippen LogP contribution in [-0.4, -0.2) is 93.5 Å². The van der Waals surface area contributed by atoms with Gasteiger partial charge in [-0.3, -0.25) is 24.1 Å². The molecule has 13 heteroatoms. The summed E-state index contributed by atoms with van der Waals surface area (Å²) in [7, 11) is 2.50. The monoisotopic (exact) mass is 582 g/mol. The zero-order chi connectivity index (χ0) is 27.7. The molecule has 11 nitrogen and oxygen atoms in total. The molecule has 4 aliphatic carbocycles. The predicted octanol–water partition coefficient (Wildman–Crippen LogP) is 1.08. The zero-order valence-electron chi connectivity index (χ0n) is 21.9. The second-order valence-corrected chi connectivity index (χ2v) is 14.7. The van der Waals surface area contributed by atoms with E-state index in [1.165, 1.54) is 40.9 Å². The molecule has 39 heavy (non-hydrogen) atoms. The van der Waals surface area contributed by atoms with Gasteiger partial charge in [-0.2, -0.15) is 0 Å². The van der Waals surface area contributed by atoms with Crippen molar-refractivity contribution < 1.29 is 34.2 Å². The van der Waals surface area contributed by atoms with Crippen molar-refractivity contribution in [2.24, 2.45) is 23.2 Å². The van der Waals surface area contributed by atoms with Gasteiger partial charge in [0.15, 0.2) is 0 Å². The van der Waals surface area contributed by atoms with Gasteiger partial charge in [-0.05, 0) is 75.7 Å². The number of fused-ring (bicyclic) bond motifs is 1. The zero-order valence-corrected chi connectivity index (χ0v) is 23.6. The first-order chi connectivity index (χ1) is 18.6. The van der Waals surface area contributed by atoms with Crippen LogP contribution in [0.2, 0.25) is 0 Å². The van der Waals surface area contributed by atoms with Crippen LogP contribution in [0.5, 0.6) is 0 Å². The highest BCUT2D eigenvalue weighted by molar-refractivity contribution is 8.76. The van der Waals surface area contributed by atoms with E-state index in [2.05, 4.69) is 16.0 Å². The molecule has 2 aliphatic heterocycles. The van der Waals surface area contributed by atoms with E-state index in [1.54, 1.807) is 0 Å². The van der Waals surface area contributed by atoms with E-state index in [4.69, 9.17) is 0 Å². The molecule has 0 spiro atoms. The number of nitrogens with one attached hydrogen (secondary N) is 3. The minimum atomic E-state index is -1.14. The average Bonchev–Trinajstić information content (AvgIpc) is 3.31. The van der Waals surface area contributed by atoms with Crippen molar-refractivity contribution >= 4 is 51.2 Å². The number of carbonyl (C=O) groups is 5. The summed E-state index contributed by atoms with van der Waals surface area (Å²) in [4.78, 5) is 65.5. The lowest BCUT2D eigenvalue weighted by Gasteiger charge is -2.55. The number of carboxylic acids is 2. The molecule has 6 rings (SSSR count). The van der Waals surface area contributed by atoms with Crippen molar-refractivity contribution in [3.05, 3.63) is 0 Å². The van der Waals surface area contributed by atoms with Crippen molar-refractivity contribution in [3.8, 4) is 0 Å². The Morgan fingerprint density at radius 3 is 2.21 bits per heavy atom. The van der Waals surface area contributed by atoms with Gasteiger partial charge in [0.05, 0.1) is 18.5 Å². The van der Waals surface area contributed by atoms with Crippen LogP contribution in [0.1, 0.15) is 57.8 Å². The molecule has 0 aromatic heterocycles. The number of rotatable bonds is 5. The molecule has 2 saturated heterocycles. The molecule has 0 aromatic rings. The predicted molar refractivity (Wildman–Crippen MR) is 146 cm³/mol. The van der Waals surface area contributed by atoms with E-state index < -0.39 is 53.3 Å². The van der Waals surface area contributed by atoms with Crippen LogP contribution < -0.4 is 16.0 Å². The van der Waals surface area contributed by atoms with Gasteiger partial charge in [0.2, 0.25) is 17.7 Å². The second kappa shape index (κ2) is 11.9. The Morgan fingerprint density at radius 1 is 0.949 bits per heavy atom. The molecule has 0 aromatic carbocycles. The molecule has 4 atom stereocenters. The van der Waals surface area contributed by atoms with Gasteiger partial charge < -0.3 is 26.2 Å². The SMILES string of the molecule is O=C(O)C[C@H]1CN2CCC[C@H]2C(=O)N[C@H](C(=O)O)CSSC[C@H](NC(=O)C23CC4CC(CC(C4)C2)C3)C(=O)N1. The number of carboxylic acid groups (broad SMARTS) is 2. The molecule has 4 bridgehead atoms. The van der Waals surface area contributed by atoms with Crippen LogP contribution in [0.3, 0.4) is 0 Å². The molecule has 3 amide bonds. The van der Waals surface area contributed by atoms with E-state index in [-0.39, 0.29) is 30.4 Å². The third-order valence-electron chi connectivity index (χ3n) is 9.20. The van der Waals surface area contributed by atoms with E-state index in [9.17, 15) is 34.2 Å². The molecule has 0 radical (unpaired) electrons. The minimum absolute atomic E-state index is 0.0847. The standard InChI is InChI=1S/C26H38N4O7S2/c31-21(32)7-17-11-30-3-1-2-20(30)23(34)28-19(24(35)36)13-39-38-12-18(22(33)27-17)29-25(37)26-8-14-4-15(9-26)6-16(5-14)10-26/h14-20H,1-13H2,(H,27,33)(H,28,34)(H,29,37)(H,31,32)(H,35,36)/t14?,15?,16?,17-,18-,19-,20-,26?/m0/s1. The Kier molecular flexibility index (Phi) is 8.68. The Balaban J connectivity index is 1.34.